The number of benzene rings is 1. The highest BCUT2D eigenvalue weighted by Crippen LogP contribution is 2.54. The average Bonchev–Trinajstić information content (AvgIpc) is 3.09. The van der Waals surface area contributed by atoms with Gasteiger partial charge in [-0.05, 0) is 31.4 Å². The predicted molar refractivity (Wildman–Crippen MR) is 107 cm³/mol. The summed E-state index contributed by atoms with van der Waals surface area (Å²) in [6, 6.07) is 7.70. The molecule has 1 heterocycles. The Labute approximate surface area is 174 Å². The van der Waals surface area contributed by atoms with Gasteiger partial charge in [-0.2, -0.15) is 8.78 Å². The normalized spacial score (nSPS) is 29.8. The molecule has 1 aromatic carbocycles. The van der Waals surface area contributed by atoms with Crippen molar-refractivity contribution in [3.8, 4) is 0 Å². The fourth-order valence-electron chi connectivity index (χ4n) is 4.36. The number of fused-ring (bicyclic) bond motifs is 1. The number of aliphatic hydroxyl groups excluding tert-OH is 2. The lowest BCUT2D eigenvalue weighted by molar-refractivity contribution is -0.137. The zero-order chi connectivity index (χ0) is 21.9. The summed E-state index contributed by atoms with van der Waals surface area (Å²) in [6.07, 6.45) is 2.41. The van der Waals surface area contributed by atoms with E-state index < -0.39 is 47.8 Å². The summed E-state index contributed by atoms with van der Waals surface area (Å²) in [5.74, 6) is -6.69. The minimum absolute atomic E-state index is 0.0922. The van der Waals surface area contributed by atoms with Crippen molar-refractivity contribution in [3.63, 3.8) is 0 Å². The van der Waals surface area contributed by atoms with Crippen LogP contribution in [-0.2, 0) is 16.0 Å². The Balaban J connectivity index is 1.66. The Bertz CT molecular complexity index is 820. The van der Waals surface area contributed by atoms with Crippen LogP contribution in [0.5, 0.6) is 0 Å². The number of halogens is 2. The number of carbonyl (C=O) groups is 1. The van der Waals surface area contributed by atoms with E-state index >= 15 is 0 Å². The van der Waals surface area contributed by atoms with Gasteiger partial charge in [0.1, 0.15) is 6.10 Å². The zero-order valence-corrected chi connectivity index (χ0v) is 16.9. The van der Waals surface area contributed by atoms with Crippen molar-refractivity contribution in [2.45, 2.75) is 63.3 Å². The Morgan fingerprint density at radius 1 is 1.40 bits per heavy atom. The van der Waals surface area contributed by atoms with E-state index in [1.54, 1.807) is 0 Å². The van der Waals surface area contributed by atoms with E-state index in [0.29, 0.717) is 6.42 Å². The van der Waals surface area contributed by atoms with E-state index in [1.165, 1.54) is 18.2 Å². The summed E-state index contributed by atoms with van der Waals surface area (Å²) >= 11 is 0. The van der Waals surface area contributed by atoms with Crippen molar-refractivity contribution < 1.29 is 33.6 Å². The van der Waals surface area contributed by atoms with Crippen LogP contribution in [0.1, 0.15) is 36.8 Å². The molecule has 0 bridgehead atoms. The van der Waals surface area contributed by atoms with E-state index in [0.717, 1.165) is 11.1 Å². The highest BCUT2D eigenvalue weighted by molar-refractivity contribution is 5.66. The van der Waals surface area contributed by atoms with E-state index in [9.17, 15) is 23.8 Å². The monoisotopic (exact) mass is 422 g/mol. The molecule has 0 radical (unpaired) electrons. The summed E-state index contributed by atoms with van der Waals surface area (Å²) in [7, 11) is 0. The first-order valence-corrected chi connectivity index (χ1v) is 10.3. The lowest BCUT2D eigenvalue weighted by Crippen LogP contribution is -2.33. The van der Waals surface area contributed by atoms with Crippen LogP contribution in [0.15, 0.2) is 48.3 Å². The third-order valence-corrected chi connectivity index (χ3v) is 5.77. The van der Waals surface area contributed by atoms with Gasteiger partial charge in [0.15, 0.2) is 5.76 Å². The van der Waals surface area contributed by atoms with E-state index in [-0.39, 0.29) is 25.7 Å². The van der Waals surface area contributed by atoms with Gasteiger partial charge in [0.2, 0.25) is 0 Å². The van der Waals surface area contributed by atoms with Crippen molar-refractivity contribution in [2.24, 2.45) is 11.8 Å². The van der Waals surface area contributed by atoms with Crippen molar-refractivity contribution >= 4 is 5.97 Å². The molecule has 3 N–H and O–H groups in total. The molecule has 30 heavy (non-hydrogen) atoms. The highest BCUT2D eigenvalue weighted by Gasteiger charge is 2.63. The van der Waals surface area contributed by atoms with Gasteiger partial charge in [0.05, 0.1) is 18.1 Å². The fourth-order valence-corrected chi connectivity index (χ4v) is 4.36. The molecule has 7 heteroatoms. The molecule has 0 amide bonds. The summed E-state index contributed by atoms with van der Waals surface area (Å²) in [4.78, 5) is 10.6. The molecule has 0 spiro atoms. The van der Waals surface area contributed by atoms with Crippen LogP contribution in [0.4, 0.5) is 8.78 Å². The first kappa shape index (κ1) is 22.4. The molecule has 1 aliphatic carbocycles. The Kier molecular flexibility index (Phi) is 6.93. The largest absolute Gasteiger partial charge is 0.488 e. The molecule has 1 aliphatic heterocycles. The number of alkyl halides is 2. The van der Waals surface area contributed by atoms with E-state index in [2.05, 4.69) is 0 Å². The predicted octanol–water partition coefficient (Wildman–Crippen LogP) is 3.62. The molecule has 2 fully saturated rings. The Morgan fingerprint density at radius 3 is 2.87 bits per heavy atom. The number of unbranched alkanes of at least 4 members (excludes halogenated alkanes) is 1. The topological polar surface area (TPSA) is 87.0 Å². The van der Waals surface area contributed by atoms with Crippen LogP contribution in [0.2, 0.25) is 0 Å². The maximum atomic E-state index is 15.0. The highest BCUT2D eigenvalue weighted by atomic mass is 19.3. The Hall–Kier alpha value is -2.25. The second-order valence-electron chi connectivity index (χ2n) is 8.19. The maximum absolute atomic E-state index is 15.0. The third kappa shape index (κ3) is 5.08. The van der Waals surface area contributed by atoms with Gasteiger partial charge in [-0.1, -0.05) is 42.0 Å². The van der Waals surface area contributed by atoms with Crippen molar-refractivity contribution in [2.75, 3.05) is 0 Å². The molecule has 5 nitrogen and oxygen atoms in total. The smallest absolute Gasteiger partial charge is 0.310 e. The summed E-state index contributed by atoms with van der Waals surface area (Å²) in [5, 5.41) is 29.3. The van der Waals surface area contributed by atoms with Crippen molar-refractivity contribution in [1.82, 2.24) is 0 Å². The second kappa shape index (κ2) is 9.27. The van der Waals surface area contributed by atoms with Gasteiger partial charge in [0, 0.05) is 25.2 Å². The number of aliphatic carboxylic acids is 1. The molecule has 1 saturated heterocycles. The molecule has 1 saturated carbocycles. The van der Waals surface area contributed by atoms with E-state index in [4.69, 9.17) is 9.84 Å². The first-order valence-electron chi connectivity index (χ1n) is 10.3. The molecule has 1 aromatic rings. The first-order chi connectivity index (χ1) is 14.2. The molecule has 0 aromatic heterocycles. The van der Waals surface area contributed by atoms with Crippen molar-refractivity contribution in [3.05, 3.63) is 59.4 Å². The molecule has 164 valence electrons. The number of ether oxygens (including phenoxy) is 1. The fraction of sp³-hybridized carbons (Fsp3) is 0.522. The molecule has 1 unspecified atom stereocenters. The van der Waals surface area contributed by atoms with Crippen LogP contribution in [0, 0.1) is 18.8 Å². The third-order valence-electron chi connectivity index (χ3n) is 5.77. The minimum atomic E-state index is -3.25. The number of aryl methyl sites for hydroxylation is 1. The number of allylic oxidation sites excluding steroid dienone is 2. The molecular formula is C23H28F2O5. The number of carboxylic acids is 1. The molecule has 3 rings (SSSR count). The lowest BCUT2D eigenvalue weighted by Gasteiger charge is -2.22. The number of aliphatic hydroxyl groups is 2. The van der Waals surface area contributed by atoms with Crippen molar-refractivity contribution in [1.29, 1.82) is 0 Å². The van der Waals surface area contributed by atoms with Crippen LogP contribution >= 0.6 is 0 Å². The van der Waals surface area contributed by atoms with Gasteiger partial charge in [-0.3, -0.25) is 4.79 Å². The van der Waals surface area contributed by atoms with Gasteiger partial charge in [-0.25, -0.2) is 0 Å². The number of carboxylic acid groups (broad SMARTS) is 1. The quantitative estimate of drug-likeness (QED) is 0.440. The van der Waals surface area contributed by atoms with Crippen LogP contribution in [0.25, 0.3) is 0 Å². The standard InChI is InChI=1S/C23H28F2O5/c1-14-5-4-6-15(11-14)12-16(26)9-10-17-18(27)13-19-22(17)23(24,25)20(30-19)7-2-3-8-21(28)29/h4-7,9-11,16-19,22,26-27H,2-3,8,12-13H2,1H3,(H,28,29)/t16?,17-,18+,19-,22+/m0/s1. The molecule has 5 atom stereocenters. The summed E-state index contributed by atoms with van der Waals surface area (Å²) < 4.78 is 35.4. The maximum Gasteiger partial charge on any atom is 0.310 e. The van der Waals surface area contributed by atoms with E-state index in [1.807, 2.05) is 31.2 Å². The molecular weight excluding hydrogens is 394 g/mol. The van der Waals surface area contributed by atoms with Crippen LogP contribution in [0.3, 0.4) is 0 Å². The van der Waals surface area contributed by atoms with Gasteiger partial charge >= 0.3 is 11.9 Å². The van der Waals surface area contributed by atoms with Crippen LogP contribution < -0.4 is 0 Å². The van der Waals surface area contributed by atoms with Crippen LogP contribution in [-0.4, -0.2) is 45.5 Å². The van der Waals surface area contributed by atoms with Gasteiger partial charge < -0.3 is 20.1 Å². The Morgan fingerprint density at radius 2 is 2.17 bits per heavy atom. The minimum Gasteiger partial charge on any atom is -0.488 e. The van der Waals surface area contributed by atoms with Gasteiger partial charge in [-0.15, -0.1) is 0 Å². The summed E-state index contributed by atoms with van der Waals surface area (Å²) in [6.45, 7) is 1.95. The summed E-state index contributed by atoms with van der Waals surface area (Å²) in [5.41, 5.74) is 2.02. The lowest BCUT2D eigenvalue weighted by atomic mass is 9.87. The molecule has 2 aliphatic rings. The zero-order valence-electron chi connectivity index (χ0n) is 16.9. The second-order valence-corrected chi connectivity index (χ2v) is 8.19. The number of hydrogen-bond acceptors (Lipinski definition) is 4. The van der Waals surface area contributed by atoms with Gasteiger partial charge in [0.25, 0.3) is 0 Å². The average molecular weight is 422 g/mol. The number of hydrogen-bond donors (Lipinski definition) is 3. The number of rotatable bonds is 8. The SMILES string of the molecule is Cc1cccc(CC(O)C=C[C@@H]2[C@@H]3[C@H](C[C@H]2O)OC(=CCCCC(=O)O)C3(F)F)c1.